The van der Waals surface area contributed by atoms with Crippen LogP contribution in [-0.2, 0) is 19.0 Å². The summed E-state index contributed by atoms with van der Waals surface area (Å²) >= 11 is 0. The molecule has 0 spiro atoms. The van der Waals surface area contributed by atoms with Gasteiger partial charge in [0.25, 0.3) is 0 Å². The fourth-order valence-electron chi connectivity index (χ4n) is 2.40. The zero-order valence-corrected chi connectivity index (χ0v) is 10.5. The van der Waals surface area contributed by atoms with Crippen LogP contribution < -0.4 is 5.32 Å². The molecule has 2 rings (SSSR count). The molecule has 1 saturated heterocycles. The SMILES string of the molecule is COC(=O)C1CCC(OCC2CNC(=O)O2)CC1. The van der Waals surface area contributed by atoms with Gasteiger partial charge in [-0.25, -0.2) is 4.79 Å². The molecule has 1 aliphatic heterocycles. The van der Waals surface area contributed by atoms with Crippen LogP contribution in [-0.4, -0.2) is 44.5 Å². The molecule has 2 fully saturated rings. The molecule has 0 aromatic rings. The maximum Gasteiger partial charge on any atom is 0.407 e. The molecule has 18 heavy (non-hydrogen) atoms. The lowest BCUT2D eigenvalue weighted by Gasteiger charge is -2.27. The lowest BCUT2D eigenvalue weighted by molar-refractivity contribution is -0.147. The van der Waals surface area contributed by atoms with Gasteiger partial charge in [0.2, 0.25) is 0 Å². The molecular formula is C12H19NO5. The minimum absolute atomic E-state index is 0.0147. The third-order valence-corrected chi connectivity index (χ3v) is 3.47. The second-order valence-corrected chi connectivity index (χ2v) is 4.74. The van der Waals surface area contributed by atoms with Crippen LogP contribution >= 0.6 is 0 Å². The number of amides is 1. The Morgan fingerprint density at radius 3 is 2.67 bits per heavy atom. The van der Waals surface area contributed by atoms with Crippen molar-refractivity contribution < 1.29 is 23.8 Å². The molecule has 1 N–H and O–H groups in total. The fraction of sp³-hybridized carbons (Fsp3) is 0.833. The summed E-state index contributed by atoms with van der Waals surface area (Å²) in [6.07, 6.45) is 2.92. The summed E-state index contributed by atoms with van der Waals surface area (Å²) < 4.78 is 15.4. The molecule has 1 amide bonds. The summed E-state index contributed by atoms with van der Waals surface area (Å²) in [4.78, 5) is 22.2. The maximum absolute atomic E-state index is 11.3. The molecule has 1 heterocycles. The molecule has 0 aromatic carbocycles. The van der Waals surface area contributed by atoms with Crippen LogP contribution in [0.15, 0.2) is 0 Å². The van der Waals surface area contributed by atoms with E-state index in [0.29, 0.717) is 13.2 Å². The van der Waals surface area contributed by atoms with Crippen LogP contribution in [0.1, 0.15) is 25.7 Å². The number of nitrogens with one attached hydrogen (secondary N) is 1. The van der Waals surface area contributed by atoms with Gasteiger partial charge in [0.15, 0.2) is 0 Å². The van der Waals surface area contributed by atoms with E-state index in [0.717, 1.165) is 25.7 Å². The van der Waals surface area contributed by atoms with Crippen molar-refractivity contribution >= 4 is 12.1 Å². The van der Waals surface area contributed by atoms with Crippen molar-refractivity contribution in [3.8, 4) is 0 Å². The summed E-state index contributed by atoms with van der Waals surface area (Å²) in [5.41, 5.74) is 0. The highest BCUT2D eigenvalue weighted by Crippen LogP contribution is 2.27. The molecule has 102 valence electrons. The summed E-state index contributed by atoms with van der Waals surface area (Å²) in [5.74, 6) is -0.108. The van der Waals surface area contributed by atoms with E-state index in [2.05, 4.69) is 5.32 Å². The normalized spacial score (nSPS) is 31.6. The predicted molar refractivity (Wildman–Crippen MR) is 62.0 cm³/mol. The van der Waals surface area contributed by atoms with Gasteiger partial charge in [0.05, 0.1) is 32.3 Å². The maximum atomic E-state index is 11.3. The molecule has 1 atom stereocenters. The molecule has 6 nitrogen and oxygen atoms in total. The Kier molecular flexibility index (Phi) is 4.41. The zero-order chi connectivity index (χ0) is 13.0. The van der Waals surface area contributed by atoms with Gasteiger partial charge in [0.1, 0.15) is 6.10 Å². The third kappa shape index (κ3) is 3.35. The van der Waals surface area contributed by atoms with E-state index in [4.69, 9.17) is 14.2 Å². The quantitative estimate of drug-likeness (QED) is 0.755. The van der Waals surface area contributed by atoms with Crippen molar-refractivity contribution in [2.75, 3.05) is 20.3 Å². The standard InChI is InChI=1S/C12H19NO5/c1-16-11(14)8-2-4-9(5-3-8)17-7-10-6-13-12(15)18-10/h8-10H,2-7H2,1H3,(H,13,15). The van der Waals surface area contributed by atoms with E-state index >= 15 is 0 Å². The third-order valence-electron chi connectivity index (χ3n) is 3.47. The number of ether oxygens (including phenoxy) is 3. The minimum atomic E-state index is -0.377. The predicted octanol–water partition coefficient (Wildman–Crippen LogP) is 0.843. The second kappa shape index (κ2) is 6.04. The first-order chi connectivity index (χ1) is 8.69. The topological polar surface area (TPSA) is 73.9 Å². The molecule has 1 unspecified atom stereocenters. The molecule has 0 aromatic heterocycles. The molecule has 6 heteroatoms. The molecule has 0 bridgehead atoms. The Hall–Kier alpha value is -1.30. The largest absolute Gasteiger partial charge is 0.469 e. The first-order valence-electron chi connectivity index (χ1n) is 6.33. The second-order valence-electron chi connectivity index (χ2n) is 4.74. The minimum Gasteiger partial charge on any atom is -0.469 e. The van der Waals surface area contributed by atoms with Crippen molar-refractivity contribution in [3.05, 3.63) is 0 Å². The first kappa shape index (κ1) is 13.1. The number of methoxy groups -OCH3 is 1. The van der Waals surface area contributed by atoms with Crippen LogP contribution in [0.25, 0.3) is 0 Å². The molecule has 0 radical (unpaired) electrons. The van der Waals surface area contributed by atoms with Crippen molar-refractivity contribution in [1.82, 2.24) is 5.32 Å². The van der Waals surface area contributed by atoms with Crippen molar-refractivity contribution in [2.24, 2.45) is 5.92 Å². The number of cyclic esters (lactones) is 1. The van der Waals surface area contributed by atoms with E-state index in [1.165, 1.54) is 7.11 Å². The molecule has 2 aliphatic rings. The number of hydrogen-bond acceptors (Lipinski definition) is 5. The van der Waals surface area contributed by atoms with Gasteiger partial charge < -0.3 is 19.5 Å². The highest BCUT2D eigenvalue weighted by atomic mass is 16.6. The Balaban J connectivity index is 1.64. The van der Waals surface area contributed by atoms with Gasteiger partial charge in [-0.15, -0.1) is 0 Å². The molecule has 1 aliphatic carbocycles. The van der Waals surface area contributed by atoms with Crippen molar-refractivity contribution in [3.63, 3.8) is 0 Å². The van der Waals surface area contributed by atoms with Crippen LogP contribution in [0, 0.1) is 5.92 Å². The lowest BCUT2D eigenvalue weighted by atomic mass is 9.87. The average molecular weight is 257 g/mol. The smallest absolute Gasteiger partial charge is 0.407 e. The van der Waals surface area contributed by atoms with Crippen LogP contribution in [0.3, 0.4) is 0 Å². The molecule has 1 saturated carbocycles. The van der Waals surface area contributed by atoms with E-state index in [1.54, 1.807) is 0 Å². The van der Waals surface area contributed by atoms with E-state index in [9.17, 15) is 9.59 Å². The van der Waals surface area contributed by atoms with Gasteiger partial charge >= 0.3 is 12.1 Å². The van der Waals surface area contributed by atoms with Crippen LogP contribution in [0.4, 0.5) is 4.79 Å². The Morgan fingerprint density at radius 1 is 1.39 bits per heavy atom. The number of carbonyl (C=O) groups excluding carboxylic acids is 2. The van der Waals surface area contributed by atoms with Gasteiger partial charge in [-0.1, -0.05) is 0 Å². The number of rotatable bonds is 4. The summed E-state index contributed by atoms with van der Waals surface area (Å²) in [7, 11) is 1.42. The number of carbonyl (C=O) groups is 2. The summed E-state index contributed by atoms with van der Waals surface area (Å²) in [6.45, 7) is 0.933. The number of hydrogen-bond donors (Lipinski definition) is 1. The first-order valence-corrected chi connectivity index (χ1v) is 6.33. The lowest BCUT2D eigenvalue weighted by Crippen LogP contribution is -2.30. The highest BCUT2D eigenvalue weighted by Gasteiger charge is 2.29. The average Bonchev–Trinajstić information content (AvgIpc) is 2.82. The van der Waals surface area contributed by atoms with Gasteiger partial charge in [0, 0.05) is 0 Å². The highest BCUT2D eigenvalue weighted by molar-refractivity contribution is 5.72. The van der Waals surface area contributed by atoms with Gasteiger partial charge in [-0.05, 0) is 25.7 Å². The van der Waals surface area contributed by atoms with E-state index < -0.39 is 0 Å². The Morgan fingerprint density at radius 2 is 2.11 bits per heavy atom. The Labute approximate surface area is 106 Å². The fourth-order valence-corrected chi connectivity index (χ4v) is 2.40. The van der Waals surface area contributed by atoms with Crippen molar-refractivity contribution in [1.29, 1.82) is 0 Å². The summed E-state index contributed by atoms with van der Waals surface area (Å²) in [5, 5.41) is 2.58. The van der Waals surface area contributed by atoms with Crippen molar-refractivity contribution in [2.45, 2.75) is 37.9 Å². The van der Waals surface area contributed by atoms with Gasteiger partial charge in [-0.2, -0.15) is 0 Å². The van der Waals surface area contributed by atoms with E-state index in [1.807, 2.05) is 0 Å². The number of alkyl carbamates (subject to hydrolysis) is 1. The van der Waals surface area contributed by atoms with Crippen LogP contribution in [0.2, 0.25) is 0 Å². The Bertz CT molecular complexity index is 312. The summed E-state index contributed by atoms with van der Waals surface area (Å²) in [6, 6.07) is 0. The number of esters is 1. The zero-order valence-electron chi connectivity index (χ0n) is 10.5. The molecular weight excluding hydrogens is 238 g/mol. The van der Waals surface area contributed by atoms with E-state index in [-0.39, 0.29) is 30.2 Å². The van der Waals surface area contributed by atoms with Crippen LogP contribution in [0.5, 0.6) is 0 Å². The monoisotopic (exact) mass is 257 g/mol. The van der Waals surface area contributed by atoms with Gasteiger partial charge in [-0.3, -0.25) is 4.79 Å².